The van der Waals surface area contributed by atoms with E-state index >= 15 is 0 Å². The van der Waals surface area contributed by atoms with E-state index in [4.69, 9.17) is 0 Å². The highest BCUT2D eigenvalue weighted by atomic mass is 16.3. The van der Waals surface area contributed by atoms with E-state index in [1.54, 1.807) is 0 Å². The Labute approximate surface area is 103 Å². The number of fused-ring (bicyclic) bond motifs is 1. The van der Waals surface area contributed by atoms with Gasteiger partial charge in [0.2, 0.25) is 0 Å². The average molecular weight is 228 g/mol. The fraction of sp³-hybridized carbons (Fsp3) is 0.375. The van der Waals surface area contributed by atoms with Crippen molar-refractivity contribution >= 4 is 10.8 Å². The molecule has 0 saturated carbocycles. The molecule has 2 aromatic rings. The summed E-state index contributed by atoms with van der Waals surface area (Å²) < 4.78 is 0. The molecule has 0 aromatic heterocycles. The summed E-state index contributed by atoms with van der Waals surface area (Å²) in [6, 6.07) is 14.4. The van der Waals surface area contributed by atoms with Gasteiger partial charge in [-0.3, -0.25) is 0 Å². The molecule has 0 saturated heterocycles. The van der Waals surface area contributed by atoms with Crippen molar-refractivity contribution in [3.63, 3.8) is 0 Å². The van der Waals surface area contributed by atoms with Crippen molar-refractivity contribution in [2.24, 2.45) is 5.92 Å². The third-order valence-corrected chi connectivity index (χ3v) is 3.64. The van der Waals surface area contributed by atoms with Crippen LogP contribution in [0.1, 0.15) is 38.4 Å². The minimum Gasteiger partial charge on any atom is -0.388 e. The normalized spacial score (nSPS) is 13.2. The molecular formula is C16H20O. The molecule has 2 aromatic carbocycles. The van der Waals surface area contributed by atoms with Gasteiger partial charge in [0.05, 0.1) is 6.10 Å². The van der Waals surface area contributed by atoms with Gasteiger partial charge in [-0.15, -0.1) is 0 Å². The van der Waals surface area contributed by atoms with Crippen molar-refractivity contribution in [1.29, 1.82) is 0 Å². The molecule has 0 bridgehead atoms. The summed E-state index contributed by atoms with van der Waals surface area (Å²) in [6.45, 7) is 4.28. The van der Waals surface area contributed by atoms with Crippen LogP contribution >= 0.6 is 0 Å². The maximum absolute atomic E-state index is 10.5. The summed E-state index contributed by atoms with van der Waals surface area (Å²) in [5, 5.41) is 12.9. The molecule has 2 rings (SSSR count). The summed E-state index contributed by atoms with van der Waals surface area (Å²) in [5.41, 5.74) is 1.07. The second-order valence-corrected chi connectivity index (χ2v) is 4.59. The van der Waals surface area contributed by atoms with Crippen LogP contribution in [0.2, 0.25) is 0 Å². The van der Waals surface area contributed by atoms with E-state index in [0.717, 1.165) is 18.4 Å². The zero-order valence-electron chi connectivity index (χ0n) is 10.6. The van der Waals surface area contributed by atoms with Crippen molar-refractivity contribution in [2.45, 2.75) is 32.8 Å². The van der Waals surface area contributed by atoms with Gasteiger partial charge < -0.3 is 5.11 Å². The molecule has 1 unspecified atom stereocenters. The molecule has 17 heavy (non-hydrogen) atoms. The van der Waals surface area contributed by atoms with Crippen molar-refractivity contribution in [2.75, 3.05) is 0 Å². The predicted octanol–water partition coefficient (Wildman–Crippen LogP) is 4.31. The molecule has 0 spiro atoms. The highest BCUT2D eigenvalue weighted by Crippen LogP contribution is 2.31. The lowest BCUT2D eigenvalue weighted by Crippen LogP contribution is -2.11. The van der Waals surface area contributed by atoms with Crippen LogP contribution in [0.25, 0.3) is 10.8 Å². The van der Waals surface area contributed by atoms with E-state index in [1.165, 1.54) is 10.8 Å². The molecule has 1 atom stereocenters. The van der Waals surface area contributed by atoms with Gasteiger partial charge in [-0.1, -0.05) is 69.2 Å². The second-order valence-electron chi connectivity index (χ2n) is 4.59. The fourth-order valence-electron chi connectivity index (χ4n) is 2.50. The van der Waals surface area contributed by atoms with Crippen LogP contribution in [-0.4, -0.2) is 5.11 Å². The average Bonchev–Trinajstić information content (AvgIpc) is 2.39. The topological polar surface area (TPSA) is 20.2 Å². The Hall–Kier alpha value is -1.34. The first kappa shape index (κ1) is 12.1. The number of rotatable bonds is 4. The number of aliphatic hydroxyl groups excluding tert-OH is 1. The van der Waals surface area contributed by atoms with Gasteiger partial charge in [-0.05, 0) is 22.3 Å². The van der Waals surface area contributed by atoms with Crippen LogP contribution in [0.4, 0.5) is 0 Å². The first-order valence-corrected chi connectivity index (χ1v) is 6.43. The van der Waals surface area contributed by atoms with E-state index in [-0.39, 0.29) is 6.10 Å². The van der Waals surface area contributed by atoms with E-state index in [2.05, 4.69) is 32.0 Å². The van der Waals surface area contributed by atoms with E-state index < -0.39 is 0 Å². The minimum atomic E-state index is -0.351. The Morgan fingerprint density at radius 1 is 0.941 bits per heavy atom. The number of hydrogen-bond acceptors (Lipinski definition) is 1. The Kier molecular flexibility index (Phi) is 3.80. The molecule has 1 N–H and O–H groups in total. The van der Waals surface area contributed by atoms with Crippen molar-refractivity contribution < 1.29 is 5.11 Å². The molecule has 0 aliphatic rings. The van der Waals surface area contributed by atoms with Crippen LogP contribution in [-0.2, 0) is 0 Å². The number of aliphatic hydroxyl groups is 1. The maximum atomic E-state index is 10.5. The van der Waals surface area contributed by atoms with Gasteiger partial charge in [0.25, 0.3) is 0 Å². The van der Waals surface area contributed by atoms with Gasteiger partial charge in [-0.25, -0.2) is 0 Å². The minimum absolute atomic E-state index is 0.348. The summed E-state index contributed by atoms with van der Waals surface area (Å²) in [7, 11) is 0. The number of benzene rings is 2. The maximum Gasteiger partial charge on any atom is 0.0823 e. The van der Waals surface area contributed by atoms with Gasteiger partial charge in [0.15, 0.2) is 0 Å². The van der Waals surface area contributed by atoms with Crippen LogP contribution < -0.4 is 0 Å². The molecule has 1 heteroatoms. The first-order chi connectivity index (χ1) is 8.27. The third-order valence-electron chi connectivity index (χ3n) is 3.64. The lowest BCUT2D eigenvalue weighted by molar-refractivity contribution is 0.105. The Morgan fingerprint density at radius 3 is 2.29 bits per heavy atom. The van der Waals surface area contributed by atoms with E-state index in [1.807, 2.05) is 24.3 Å². The summed E-state index contributed by atoms with van der Waals surface area (Å²) in [6.07, 6.45) is 1.68. The van der Waals surface area contributed by atoms with Crippen molar-refractivity contribution in [3.8, 4) is 0 Å². The largest absolute Gasteiger partial charge is 0.388 e. The van der Waals surface area contributed by atoms with Crippen molar-refractivity contribution in [1.82, 2.24) is 0 Å². The Balaban J connectivity index is 2.47. The lowest BCUT2D eigenvalue weighted by Gasteiger charge is -2.21. The van der Waals surface area contributed by atoms with Crippen LogP contribution in [0.3, 0.4) is 0 Å². The van der Waals surface area contributed by atoms with Gasteiger partial charge in [0.1, 0.15) is 0 Å². The SMILES string of the molecule is CCC(CC)C(O)c1cccc2ccccc12. The smallest absolute Gasteiger partial charge is 0.0823 e. The Bertz CT molecular complexity index is 480. The van der Waals surface area contributed by atoms with Gasteiger partial charge >= 0.3 is 0 Å². The fourth-order valence-corrected chi connectivity index (χ4v) is 2.50. The highest BCUT2D eigenvalue weighted by molar-refractivity contribution is 5.85. The van der Waals surface area contributed by atoms with Crippen LogP contribution in [0.5, 0.6) is 0 Å². The zero-order chi connectivity index (χ0) is 12.3. The lowest BCUT2D eigenvalue weighted by atomic mass is 9.89. The molecule has 0 radical (unpaired) electrons. The van der Waals surface area contributed by atoms with Crippen LogP contribution in [0, 0.1) is 5.92 Å². The quantitative estimate of drug-likeness (QED) is 0.826. The van der Waals surface area contributed by atoms with Gasteiger partial charge in [-0.2, -0.15) is 0 Å². The molecular weight excluding hydrogens is 208 g/mol. The summed E-state index contributed by atoms with van der Waals surface area (Å²) in [4.78, 5) is 0. The number of hydrogen-bond donors (Lipinski definition) is 1. The monoisotopic (exact) mass is 228 g/mol. The molecule has 0 heterocycles. The summed E-state index contributed by atoms with van der Waals surface area (Å²) >= 11 is 0. The van der Waals surface area contributed by atoms with Gasteiger partial charge in [0, 0.05) is 0 Å². The highest BCUT2D eigenvalue weighted by Gasteiger charge is 2.19. The third kappa shape index (κ3) is 2.34. The first-order valence-electron chi connectivity index (χ1n) is 6.43. The molecule has 90 valence electrons. The molecule has 0 fully saturated rings. The van der Waals surface area contributed by atoms with Crippen LogP contribution in [0.15, 0.2) is 42.5 Å². The van der Waals surface area contributed by atoms with E-state index in [0.29, 0.717) is 5.92 Å². The Morgan fingerprint density at radius 2 is 1.59 bits per heavy atom. The molecule has 0 aliphatic carbocycles. The summed E-state index contributed by atoms with van der Waals surface area (Å²) in [5.74, 6) is 0.348. The van der Waals surface area contributed by atoms with Crippen molar-refractivity contribution in [3.05, 3.63) is 48.0 Å². The predicted molar refractivity (Wildman–Crippen MR) is 73.0 cm³/mol. The van der Waals surface area contributed by atoms with E-state index in [9.17, 15) is 5.11 Å². The molecule has 0 aliphatic heterocycles. The molecule has 1 nitrogen and oxygen atoms in total. The zero-order valence-corrected chi connectivity index (χ0v) is 10.6. The standard InChI is InChI=1S/C16H20O/c1-3-12(4-2)16(17)15-11-7-9-13-8-5-6-10-14(13)15/h5-12,16-17H,3-4H2,1-2H3. The molecule has 0 amide bonds. The second kappa shape index (κ2) is 5.33.